The van der Waals surface area contributed by atoms with Gasteiger partial charge in [-0.2, -0.15) is 4.98 Å². The van der Waals surface area contributed by atoms with Crippen molar-refractivity contribution in [3.8, 4) is 11.8 Å². The number of anilines is 3. The summed E-state index contributed by atoms with van der Waals surface area (Å²) in [7, 11) is 5.50. The Labute approximate surface area is 243 Å². The minimum Gasteiger partial charge on any atom is -0.367 e. The second-order valence-electron chi connectivity index (χ2n) is 11.0. The first-order chi connectivity index (χ1) is 19.5. The molecule has 10 heteroatoms. The van der Waals surface area contributed by atoms with Crippen LogP contribution in [0.15, 0.2) is 42.6 Å². The first-order valence-electron chi connectivity index (χ1n) is 14.1. The predicted octanol–water partition coefficient (Wildman–Crippen LogP) is 4.17. The van der Waals surface area contributed by atoms with Crippen molar-refractivity contribution >= 4 is 29.3 Å². The largest absolute Gasteiger partial charge is 0.367 e. The number of carbonyl (C=O) groups excluding carboxylic acids is 2. The summed E-state index contributed by atoms with van der Waals surface area (Å²) in [5.74, 6) is 6.94. The van der Waals surface area contributed by atoms with Crippen LogP contribution in [0.2, 0.25) is 0 Å². The minimum atomic E-state index is -0.584. The SMILES string of the molecule is CC(C)Nc1nc(Nc2cccc(F)c2)ncc1C#C[C@@H]1CCC[C@H](NC(=O)[C@H](C)N(C)C(=O)/C=C/CN(C)C)C1. The molecule has 0 saturated heterocycles. The summed E-state index contributed by atoms with van der Waals surface area (Å²) in [6.07, 6.45) is 8.46. The van der Waals surface area contributed by atoms with Crippen LogP contribution < -0.4 is 16.0 Å². The molecule has 2 amide bonds. The molecule has 0 aliphatic heterocycles. The fourth-order valence-electron chi connectivity index (χ4n) is 4.41. The monoisotopic (exact) mass is 563 g/mol. The first-order valence-corrected chi connectivity index (χ1v) is 14.1. The molecule has 1 heterocycles. The van der Waals surface area contributed by atoms with Crippen LogP contribution in [-0.2, 0) is 9.59 Å². The Kier molecular flexibility index (Phi) is 11.7. The fourth-order valence-corrected chi connectivity index (χ4v) is 4.41. The molecule has 41 heavy (non-hydrogen) atoms. The number of amides is 2. The highest BCUT2D eigenvalue weighted by Crippen LogP contribution is 2.25. The van der Waals surface area contributed by atoms with Gasteiger partial charge >= 0.3 is 0 Å². The minimum absolute atomic E-state index is 0.00635. The van der Waals surface area contributed by atoms with E-state index in [0.717, 1.165) is 25.7 Å². The molecule has 0 unspecified atom stereocenters. The van der Waals surface area contributed by atoms with Crippen LogP contribution in [0.3, 0.4) is 0 Å². The summed E-state index contributed by atoms with van der Waals surface area (Å²) in [5.41, 5.74) is 1.23. The number of carbonyl (C=O) groups is 2. The van der Waals surface area contributed by atoms with Gasteiger partial charge in [0.1, 0.15) is 17.7 Å². The third kappa shape index (κ3) is 10.2. The maximum Gasteiger partial charge on any atom is 0.246 e. The van der Waals surface area contributed by atoms with Gasteiger partial charge in [0.25, 0.3) is 0 Å². The van der Waals surface area contributed by atoms with E-state index in [1.807, 2.05) is 32.8 Å². The van der Waals surface area contributed by atoms with Crippen LogP contribution in [-0.4, -0.2) is 77.4 Å². The maximum atomic E-state index is 13.6. The second kappa shape index (κ2) is 15.1. The lowest BCUT2D eigenvalue weighted by atomic mass is 9.86. The van der Waals surface area contributed by atoms with Crippen molar-refractivity contribution in [2.45, 2.75) is 64.6 Å². The highest BCUT2D eigenvalue weighted by atomic mass is 19.1. The summed E-state index contributed by atoms with van der Waals surface area (Å²) in [5, 5.41) is 9.48. The molecule has 1 aromatic carbocycles. The number of halogens is 1. The molecule has 220 valence electrons. The Morgan fingerprint density at radius 2 is 1.98 bits per heavy atom. The zero-order valence-corrected chi connectivity index (χ0v) is 24.9. The molecule has 0 bridgehead atoms. The molecule has 0 radical (unpaired) electrons. The molecule has 9 nitrogen and oxygen atoms in total. The lowest BCUT2D eigenvalue weighted by Gasteiger charge is -2.30. The van der Waals surface area contributed by atoms with Gasteiger partial charge in [0, 0.05) is 43.4 Å². The molecule has 1 aliphatic carbocycles. The standard InChI is InChI=1S/C31H42FN7O2/c1-21(2)34-29-24(20-33-31(37-29)36-27-13-8-11-25(32)19-27)16-15-23-10-7-12-26(18-23)35-30(41)22(3)39(6)28(40)14-9-17-38(4)5/h8-9,11,13-14,19-23,26H,7,10,12,17-18H2,1-6H3,(H,35,41)(H2,33,34,36,37)/b14-9+/t22-,23-,26-/m0/s1. The Bertz CT molecular complexity index is 1280. The van der Waals surface area contributed by atoms with E-state index in [1.54, 1.807) is 38.4 Å². The van der Waals surface area contributed by atoms with E-state index in [9.17, 15) is 14.0 Å². The smallest absolute Gasteiger partial charge is 0.246 e. The molecule has 0 spiro atoms. The van der Waals surface area contributed by atoms with E-state index in [4.69, 9.17) is 0 Å². The van der Waals surface area contributed by atoms with Gasteiger partial charge in [0.15, 0.2) is 0 Å². The summed E-state index contributed by atoms with van der Waals surface area (Å²) < 4.78 is 13.6. The number of hydrogen-bond donors (Lipinski definition) is 3. The van der Waals surface area contributed by atoms with E-state index in [-0.39, 0.29) is 35.6 Å². The quantitative estimate of drug-likeness (QED) is 0.295. The van der Waals surface area contributed by atoms with E-state index in [1.165, 1.54) is 23.1 Å². The van der Waals surface area contributed by atoms with Crippen molar-refractivity contribution in [3.05, 3.63) is 54.0 Å². The summed E-state index contributed by atoms with van der Waals surface area (Å²) in [6, 6.07) is 5.65. The summed E-state index contributed by atoms with van der Waals surface area (Å²) >= 11 is 0. The number of rotatable bonds is 10. The first kappa shape index (κ1) is 31.6. The van der Waals surface area contributed by atoms with E-state index in [0.29, 0.717) is 29.6 Å². The van der Waals surface area contributed by atoms with Crippen molar-refractivity contribution in [2.75, 3.05) is 38.3 Å². The molecular weight excluding hydrogens is 521 g/mol. The zero-order valence-electron chi connectivity index (χ0n) is 24.9. The van der Waals surface area contributed by atoms with Crippen molar-refractivity contribution in [2.24, 2.45) is 5.92 Å². The Morgan fingerprint density at radius 3 is 2.68 bits per heavy atom. The average molecular weight is 564 g/mol. The van der Waals surface area contributed by atoms with Crippen LogP contribution in [0.25, 0.3) is 0 Å². The summed E-state index contributed by atoms with van der Waals surface area (Å²) in [6.45, 7) is 6.42. The third-order valence-corrected chi connectivity index (χ3v) is 6.77. The molecule has 3 N–H and O–H groups in total. The van der Waals surface area contributed by atoms with E-state index in [2.05, 4.69) is 37.8 Å². The van der Waals surface area contributed by atoms with Gasteiger partial charge in [-0.15, -0.1) is 0 Å². The van der Waals surface area contributed by atoms with Crippen LogP contribution >= 0.6 is 0 Å². The van der Waals surface area contributed by atoms with Gasteiger partial charge in [0.05, 0.1) is 11.8 Å². The predicted molar refractivity (Wildman–Crippen MR) is 161 cm³/mol. The van der Waals surface area contributed by atoms with Gasteiger partial charge in [-0.25, -0.2) is 9.37 Å². The highest BCUT2D eigenvalue weighted by molar-refractivity contribution is 5.92. The summed E-state index contributed by atoms with van der Waals surface area (Å²) in [4.78, 5) is 37.7. The zero-order chi connectivity index (χ0) is 29.9. The molecule has 1 fully saturated rings. The van der Waals surface area contributed by atoms with Gasteiger partial charge < -0.3 is 25.8 Å². The molecular formula is C31H42FN7O2. The molecule has 1 aliphatic rings. The van der Waals surface area contributed by atoms with Crippen LogP contribution in [0.1, 0.15) is 52.0 Å². The Hall–Kier alpha value is -3.97. The number of nitrogens with one attached hydrogen (secondary N) is 3. The molecule has 1 saturated carbocycles. The van der Waals surface area contributed by atoms with Gasteiger partial charge in [-0.3, -0.25) is 9.59 Å². The number of benzene rings is 1. The van der Waals surface area contributed by atoms with Gasteiger partial charge in [0.2, 0.25) is 17.8 Å². The van der Waals surface area contributed by atoms with Crippen molar-refractivity contribution in [3.63, 3.8) is 0 Å². The maximum absolute atomic E-state index is 13.6. The van der Waals surface area contributed by atoms with Crippen LogP contribution in [0.4, 0.5) is 21.8 Å². The van der Waals surface area contributed by atoms with Gasteiger partial charge in [-0.1, -0.05) is 30.4 Å². The number of nitrogens with zero attached hydrogens (tertiary/aromatic N) is 4. The van der Waals surface area contributed by atoms with E-state index < -0.39 is 6.04 Å². The Morgan fingerprint density at radius 1 is 1.20 bits per heavy atom. The number of likely N-dealkylation sites (N-methyl/N-ethyl adjacent to an activating group) is 2. The fraction of sp³-hybridized carbons (Fsp3) is 0.484. The number of hydrogen-bond acceptors (Lipinski definition) is 7. The third-order valence-electron chi connectivity index (χ3n) is 6.77. The van der Waals surface area contributed by atoms with Crippen molar-refractivity contribution in [1.29, 1.82) is 0 Å². The van der Waals surface area contributed by atoms with Gasteiger partial charge in [-0.05, 0) is 72.3 Å². The molecule has 1 aromatic heterocycles. The lowest BCUT2D eigenvalue weighted by Crippen LogP contribution is -2.49. The topological polar surface area (TPSA) is 102 Å². The molecule has 3 rings (SSSR count). The average Bonchev–Trinajstić information content (AvgIpc) is 2.91. The number of aromatic nitrogens is 2. The van der Waals surface area contributed by atoms with E-state index >= 15 is 0 Å². The normalized spacial score (nSPS) is 17.6. The van der Waals surface area contributed by atoms with Crippen LogP contribution in [0, 0.1) is 23.6 Å². The second-order valence-corrected chi connectivity index (χ2v) is 11.0. The van der Waals surface area contributed by atoms with Crippen LogP contribution in [0.5, 0.6) is 0 Å². The van der Waals surface area contributed by atoms with Crippen molar-refractivity contribution < 1.29 is 14.0 Å². The highest BCUT2D eigenvalue weighted by Gasteiger charge is 2.26. The Balaban J connectivity index is 1.63. The molecule has 3 atom stereocenters. The lowest BCUT2D eigenvalue weighted by molar-refractivity contribution is -0.135. The van der Waals surface area contributed by atoms with Crippen molar-refractivity contribution in [1.82, 2.24) is 25.1 Å². The molecule has 2 aromatic rings.